The van der Waals surface area contributed by atoms with Crippen LogP contribution in [0.5, 0.6) is 0 Å². The van der Waals surface area contributed by atoms with Crippen LogP contribution in [-0.4, -0.2) is 5.91 Å². The van der Waals surface area contributed by atoms with Crippen LogP contribution >= 0.6 is 11.8 Å². The summed E-state index contributed by atoms with van der Waals surface area (Å²) in [4.78, 5) is 12.0. The van der Waals surface area contributed by atoms with Crippen molar-refractivity contribution in [2.24, 2.45) is 0 Å². The summed E-state index contributed by atoms with van der Waals surface area (Å²) in [5, 5.41) is 2.97. The summed E-state index contributed by atoms with van der Waals surface area (Å²) in [6.45, 7) is 3.57. The molecular weight excluding hydrogens is 273 g/mol. The van der Waals surface area contributed by atoms with E-state index < -0.39 is 0 Å². The first-order chi connectivity index (χ1) is 9.54. The quantitative estimate of drug-likeness (QED) is 0.831. The van der Waals surface area contributed by atoms with Crippen LogP contribution in [0, 0.1) is 5.82 Å². The molecule has 0 spiro atoms. The molecule has 0 saturated carbocycles. The van der Waals surface area contributed by atoms with E-state index >= 15 is 0 Å². The maximum atomic E-state index is 12.9. The number of carbonyl (C=O) groups excluding carboxylic acids is 1. The lowest BCUT2D eigenvalue weighted by Gasteiger charge is -2.12. The maximum Gasteiger partial charge on any atom is 0.221 e. The van der Waals surface area contributed by atoms with Crippen LogP contribution in [0.4, 0.5) is 10.1 Å². The molecule has 0 aliphatic rings. The summed E-state index contributed by atoms with van der Waals surface area (Å²) in [7, 11) is 0. The van der Waals surface area contributed by atoms with E-state index in [2.05, 4.69) is 12.2 Å². The van der Waals surface area contributed by atoms with Gasteiger partial charge in [0.2, 0.25) is 5.91 Å². The first-order valence-electron chi connectivity index (χ1n) is 6.34. The topological polar surface area (TPSA) is 29.1 Å². The summed E-state index contributed by atoms with van der Waals surface area (Å²) >= 11 is 1.69. The predicted molar refractivity (Wildman–Crippen MR) is 81.4 cm³/mol. The highest BCUT2D eigenvalue weighted by Crippen LogP contribution is 2.35. The number of halogens is 1. The third-order valence-electron chi connectivity index (χ3n) is 2.83. The Morgan fingerprint density at radius 1 is 1.10 bits per heavy atom. The Hall–Kier alpha value is -1.81. The fourth-order valence-corrected chi connectivity index (χ4v) is 2.82. The number of hydrogen-bond acceptors (Lipinski definition) is 2. The molecule has 104 valence electrons. The first-order valence-corrected chi connectivity index (χ1v) is 7.22. The Balaban J connectivity index is 2.02. The van der Waals surface area contributed by atoms with E-state index in [0.29, 0.717) is 0 Å². The summed E-state index contributed by atoms with van der Waals surface area (Å²) in [5.74, 6) is -0.296. The van der Waals surface area contributed by atoms with E-state index in [1.807, 2.05) is 24.3 Å². The molecule has 1 atom stereocenters. The van der Waals surface area contributed by atoms with Gasteiger partial charge in [0.05, 0.1) is 0 Å². The zero-order valence-electron chi connectivity index (χ0n) is 11.4. The van der Waals surface area contributed by atoms with E-state index in [1.54, 1.807) is 23.9 Å². The molecule has 0 aliphatic carbocycles. The van der Waals surface area contributed by atoms with E-state index in [1.165, 1.54) is 19.1 Å². The van der Waals surface area contributed by atoms with Crippen molar-refractivity contribution in [2.75, 3.05) is 5.32 Å². The fraction of sp³-hybridized carbons (Fsp3) is 0.188. The van der Waals surface area contributed by atoms with Crippen LogP contribution in [0.25, 0.3) is 0 Å². The van der Waals surface area contributed by atoms with Crippen LogP contribution in [0.15, 0.2) is 53.4 Å². The average Bonchev–Trinajstić information content (AvgIpc) is 2.41. The number of thioether (sulfide) groups is 1. The molecule has 1 N–H and O–H groups in total. The summed E-state index contributed by atoms with van der Waals surface area (Å²) < 4.78 is 12.9. The number of nitrogens with one attached hydrogen (secondary N) is 1. The third-order valence-corrected chi connectivity index (χ3v) is 4.00. The number of rotatable bonds is 4. The number of benzene rings is 2. The van der Waals surface area contributed by atoms with Crippen LogP contribution in [0.3, 0.4) is 0 Å². The Labute approximate surface area is 122 Å². The normalized spacial score (nSPS) is 11.9. The number of carbonyl (C=O) groups is 1. The molecule has 0 bridgehead atoms. The minimum Gasteiger partial charge on any atom is -0.326 e. The second-order valence-corrected chi connectivity index (χ2v) is 5.93. The zero-order valence-corrected chi connectivity index (χ0v) is 12.2. The molecule has 0 aromatic heterocycles. The fourth-order valence-electron chi connectivity index (χ4n) is 1.83. The molecule has 2 nitrogen and oxygen atoms in total. The van der Waals surface area contributed by atoms with Gasteiger partial charge in [0.25, 0.3) is 0 Å². The molecule has 0 radical (unpaired) electrons. The SMILES string of the molecule is CC(=O)Nc1ccc(SC(C)c2ccc(F)cc2)cc1. The van der Waals surface area contributed by atoms with Crippen molar-refractivity contribution in [2.45, 2.75) is 24.0 Å². The molecule has 4 heteroatoms. The van der Waals surface area contributed by atoms with Gasteiger partial charge in [-0.2, -0.15) is 0 Å². The Bertz CT molecular complexity index is 580. The van der Waals surface area contributed by atoms with Crippen molar-refractivity contribution in [1.29, 1.82) is 0 Å². The Kier molecular flexibility index (Phi) is 4.79. The second-order valence-electron chi connectivity index (χ2n) is 4.52. The molecule has 2 aromatic carbocycles. The molecule has 20 heavy (non-hydrogen) atoms. The van der Waals surface area contributed by atoms with Gasteiger partial charge in [-0.15, -0.1) is 11.8 Å². The van der Waals surface area contributed by atoms with Crippen molar-refractivity contribution in [1.82, 2.24) is 0 Å². The molecule has 1 amide bonds. The molecular formula is C16H16FNOS. The predicted octanol–water partition coefficient (Wildman–Crippen LogP) is 4.64. The summed E-state index contributed by atoms with van der Waals surface area (Å²) in [6, 6.07) is 14.3. The number of amides is 1. The monoisotopic (exact) mass is 289 g/mol. The van der Waals surface area contributed by atoms with Crippen LogP contribution in [-0.2, 0) is 4.79 Å². The van der Waals surface area contributed by atoms with Gasteiger partial charge in [-0.05, 0) is 48.9 Å². The zero-order chi connectivity index (χ0) is 14.5. The molecule has 1 unspecified atom stereocenters. The minimum absolute atomic E-state index is 0.0786. The van der Waals surface area contributed by atoms with Crippen molar-refractivity contribution in [3.63, 3.8) is 0 Å². The lowest BCUT2D eigenvalue weighted by molar-refractivity contribution is -0.114. The van der Waals surface area contributed by atoms with Crippen molar-refractivity contribution >= 4 is 23.4 Å². The van der Waals surface area contributed by atoms with Crippen LogP contribution in [0.2, 0.25) is 0 Å². The Morgan fingerprint density at radius 3 is 2.25 bits per heavy atom. The molecule has 2 rings (SSSR count). The van der Waals surface area contributed by atoms with E-state index in [4.69, 9.17) is 0 Å². The van der Waals surface area contributed by atoms with Gasteiger partial charge >= 0.3 is 0 Å². The smallest absolute Gasteiger partial charge is 0.221 e. The van der Waals surface area contributed by atoms with Crippen molar-refractivity contribution in [3.05, 3.63) is 59.9 Å². The molecule has 0 saturated heterocycles. The van der Waals surface area contributed by atoms with Gasteiger partial charge in [-0.25, -0.2) is 4.39 Å². The lowest BCUT2D eigenvalue weighted by atomic mass is 10.2. The molecule has 0 heterocycles. The van der Waals surface area contributed by atoms with E-state index in [-0.39, 0.29) is 17.0 Å². The van der Waals surface area contributed by atoms with Gasteiger partial charge < -0.3 is 5.32 Å². The average molecular weight is 289 g/mol. The van der Waals surface area contributed by atoms with Gasteiger partial charge in [-0.3, -0.25) is 4.79 Å². The standard InChI is InChI=1S/C16H16FNOS/c1-11(13-3-5-14(17)6-4-13)20-16-9-7-15(8-10-16)18-12(2)19/h3-11H,1-2H3,(H,18,19). The molecule has 0 aliphatic heterocycles. The second kappa shape index (κ2) is 6.57. The first kappa shape index (κ1) is 14.6. The van der Waals surface area contributed by atoms with E-state index in [9.17, 15) is 9.18 Å². The molecule has 2 aromatic rings. The summed E-state index contributed by atoms with van der Waals surface area (Å²) in [5.41, 5.74) is 1.87. The van der Waals surface area contributed by atoms with Gasteiger partial charge in [0, 0.05) is 22.8 Å². The number of hydrogen-bond donors (Lipinski definition) is 1. The minimum atomic E-state index is -0.217. The van der Waals surface area contributed by atoms with E-state index in [0.717, 1.165) is 16.1 Å². The highest BCUT2D eigenvalue weighted by atomic mass is 32.2. The lowest BCUT2D eigenvalue weighted by Crippen LogP contribution is -2.05. The maximum absolute atomic E-state index is 12.9. The van der Waals surface area contributed by atoms with Crippen LogP contribution < -0.4 is 5.32 Å². The largest absolute Gasteiger partial charge is 0.326 e. The number of anilines is 1. The summed E-state index contributed by atoms with van der Waals surface area (Å²) in [6.07, 6.45) is 0. The highest BCUT2D eigenvalue weighted by molar-refractivity contribution is 7.99. The Morgan fingerprint density at radius 2 is 1.70 bits per heavy atom. The van der Waals surface area contributed by atoms with Gasteiger partial charge in [0.15, 0.2) is 0 Å². The third kappa shape index (κ3) is 4.10. The van der Waals surface area contributed by atoms with Crippen molar-refractivity contribution in [3.8, 4) is 0 Å². The molecule has 0 fully saturated rings. The van der Waals surface area contributed by atoms with Crippen molar-refractivity contribution < 1.29 is 9.18 Å². The van der Waals surface area contributed by atoms with Crippen LogP contribution in [0.1, 0.15) is 24.7 Å². The van der Waals surface area contributed by atoms with Gasteiger partial charge in [0.1, 0.15) is 5.82 Å². The highest BCUT2D eigenvalue weighted by Gasteiger charge is 2.07. The van der Waals surface area contributed by atoms with Gasteiger partial charge in [-0.1, -0.05) is 12.1 Å².